The number of benzene rings is 1. The Labute approximate surface area is 124 Å². The maximum absolute atomic E-state index is 12.2. The van der Waals surface area contributed by atoms with Gasteiger partial charge in [-0.15, -0.1) is 0 Å². The van der Waals surface area contributed by atoms with Crippen molar-refractivity contribution in [3.05, 3.63) is 17.7 Å². The molecule has 1 saturated heterocycles. The van der Waals surface area contributed by atoms with Crippen LogP contribution in [0.25, 0.3) is 0 Å². The monoisotopic (exact) mass is 291 g/mol. The van der Waals surface area contributed by atoms with Gasteiger partial charge in [-0.1, -0.05) is 0 Å². The molecule has 114 valence electrons. The minimum atomic E-state index is -0.0763. The van der Waals surface area contributed by atoms with Crippen LogP contribution in [0.3, 0.4) is 0 Å². The van der Waals surface area contributed by atoms with Crippen molar-refractivity contribution in [2.75, 3.05) is 25.1 Å². The fourth-order valence-electron chi connectivity index (χ4n) is 2.79. The lowest BCUT2D eigenvalue weighted by atomic mass is 10.1. The lowest BCUT2D eigenvalue weighted by molar-refractivity contribution is -0.119. The Hall–Kier alpha value is -1.75. The standard InChI is InChI=1S/C16H21NO4/c1-3-20-15-7-12-6-10(2)21-14(12)8-13(15)17-16(18)11-4-5-19-9-11/h7-8,10-11H,3-6,9H2,1-2H3,(H,17,18). The van der Waals surface area contributed by atoms with E-state index in [0.717, 1.165) is 24.2 Å². The van der Waals surface area contributed by atoms with Gasteiger partial charge in [0, 0.05) is 24.7 Å². The van der Waals surface area contributed by atoms with E-state index in [2.05, 4.69) is 5.32 Å². The first-order valence-corrected chi connectivity index (χ1v) is 7.52. The number of nitrogens with one attached hydrogen (secondary N) is 1. The first-order valence-electron chi connectivity index (χ1n) is 7.52. The van der Waals surface area contributed by atoms with Gasteiger partial charge in [0.15, 0.2) is 0 Å². The van der Waals surface area contributed by atoms with Crippen molar-refractivity contribution in [2.24, 2.45) is 5.92 Å². The summed E-state index contributed by atoms with van der Waals surface area (Å²) in [5, 5.41) is 2.96. The van der Waals surface area contributed by atoms with Gasteiger partial charge in [0.25, 0.3) is 0 Å². The molecule has 2 aliphatic rings. The van der Waals surface area contributed by atoms with Crippen molar-refractivity contribution in [2.45, 2.75) is 32.8 Å². The summed E-state index contributed by atoms with van der Waals surface area (Å²) in [7, 11) is 0. The number of hydrogen-bond acceptors (Lipinski definition) is 4. The number of ether oxygens (including phenoxy) is 3. The number of anilines is 1. The molecule has 0 saturated carbocycles. The van der Waals surface area contributed by atoms with E-state index in [1.807, 2.05) is 26.0 Å². The van der Waals surface area contributed by atoms with Gasteiger partial charge >= 0.3 is 0 Å². The van der Waals surface area contributed by atoms with Gasteiger partial charge in [0.2, 0.25) is 5.91 Å². The Morgan fingerprint density at radius 1 is 1.48 bits per heavy atom. The van der Waals surface area contributed by atoms with Crippen LogP contribution in [0.1, 0.15) is 25.8 Å². The Morgan fingerprint density at radius 3 is 3.05 bits per heavy atom. The van der Waals surface area contributed by atoms with Gasteiger partial charge in [0.05, 0.1) is 24.8 Å². The first kappa shape index (κ1) is 14.2. The van der Waals surface area contributed by atoms with Gasteiger partial charge in [-0.05, 0) is 26.3 Å². The lowest BCUT2D eigenvalue weighted by Gasteiger charge is -2.15. The molecule has 0 aliphatic carbocycles. The minimum Gasteiger partial charge on any atom is -0.492 e. The summed E-state index contributed by atoms with van der Waals surface area (Å²) < 4.78 is 16.7. The van der Waals surface area contributed by atoms with Crippen molar-refractivity contribution < 1.29 is 19.0 Å². The maximum atomic E-state index is 12.2. The normalized spacial score (nSPS) is 23.5. The second-order valence-electron chi connectivity index (χ2n) is 5.57. The molecule has 0 spiro atoms. The maximum Gasteiger partial charge on any atom is 0.230 e. The van der Waals surface area contributed by atoms with Crippen LogP contribution in [0.2, 0.25) is 0 Å². The van der Waals surface area contributed by atoms with Crippen LogP contribution < -0.4 is 14.8 Å². The molecule has 2 heterocycles. The second-order valence-corrected chi connectivity index (χ2v) is 5.57. The van der Waals surface area contributed by atoms with Crippen LogP contribution in [0.15, 0.2) is 12.1 Å². The van der Waals surface area contributed by atoms with Crippen LogP contribution >= 0.6 is 0 Å². The first-order chi connectivity index (χ1) is 10.2. The van der Waals surface area contributed by atoms with E-state index in [1.165, 1.54) is 0 Å². The van der Waals surface area contributed by atoms with Crippen LogP contribution in [-0.2, 0) is 16.0 Å². The van der Waals surface area contributed by atoms with Crippen LogP contribution in [-0.4, -0.2) is 31.8 Å². The summed E-state index contributed by atoms with van der Waals surface area (Å²) in [6.07, 6.45) is 1.82. The number of hydrogen-bond donors (Lipinski definition) is 1. The Balaban J connectivity index is 1.82. The molecular weight excluding hydrogens is 270 g/mol. The summed E-state index contributed by atoms with van der Waals surface area (Å²) >= 11 is 0. The van der Waals surface area contributed by atoms with Crippen LogP contribution in [0.5, 0.6) is 11.5 Å². The molecule has 5 nitrogen and oxygen atoms in total. The molecule has 1 fully saturated rings. The second kappa shape index (κ2) is 5.93. The molecule has 0 bridgehead atoms. The summed E-state index contributed by atoms with van der Waals surface area (Å²) in [4.78, 5) is 12.2. The van der Waals surface area contributed by atoms with E-state index in [1.54, 1.807) is 0 Å². The summed E-state index contributed by atoms with van der Waals surface area (Å²) in [6, 6.07) is 3.85. The largest absolute Gasteiger partial charge is 0.492 e. The highest BCUT2D eigenvalue weighted by Gasteiger charge is 2.26. The van der Waals surface area contributed by atoms with Crippen molar-refractivity contribution in [1.29, 1.82) is 0 Å². The van der Waals surface area contributed by atoms with E-state index in [9.17, 15) is 4.79 Å². The zero-order chi connectivity index (χ0) is 14.8. The molecule has 2 aliphatic heterocycles. The topological polar surface area (TPSA) is 56.8 Å². The third-order valence-corrected chi connectivity index (χ3v) is 3.86. The van der Waals surface area contributed by atoms with E-state index in [4.69, 9.17) is 14.2 Å². The van der Waals surface area contributed by atoms with Crippen LogP contribution in [0, 0.1) is 5.92 Å². The highest BCUT2D eigenvalue weighted by molar-refractivity contribution is 5.94. The van der Waals surface area contributed by atoms with Gasteiger partial charge in [-0.2, -0.15) is 0 Å². The molecule has 1 aromatic carbocycles. The number of amides is 1. The summed E-state index contributed by atoms with van der Waals surface area (Å²) in [6.45, 7) is 5.68. The molecular formula is C16H21NO4. The smallest absolute Gasteiger partial charge is 0.230 e. The lowest BCUT2D eigenvalue weighted by Crippen LogP contribution is -2.23. The SMILES string of the molecule is CCOc1cc2c(cc1NC(=O)C1CCOC1)OC(C)C2. The van der Waals surface area contributed by atoms with Gasteiger partial charge in [-0.3, -0.25) is 4.79 Å². The molecule has 2 atom stereocenters. The van der Waals surface area contributed by atoms with Crippen LogP contribution in [0.4, 0.5) is 5.69 Å². The molecule has 0 radical (unpaired) electrons. The molecule has 1 aromatic rings. The molecule has 1 amide bonds. The number of carbonyl (C=O) groups is 1. The summed E-state index contributed by atoms with van der Waals surface area (Å²) in [5.41, 5.74) is 1.81. The molecule has 0 aromatic heterocycles. The number of carbonyl (C=O) groups excluding carboxylic acids is 1. The molecule has 5 heteroatoms. The fourth-order valence-corrected chi connectivity index (χ4v) is 2.79. The highest BCUT2D eigenvalue weighted by atomic mass is 16.5. The third kappa shape index (κ3) is 2.97. The Morgan fingerprint density at radius 2 is 2.33 bits per heavy atom. The predicted molar refractivity (Wildman–Crippen MR) is 79.0 cm³/mol. The molecule has 2 unspecified atom stereocenters. The van der Waals surface area contributed by atoms with Gasteiger partial charge in [-0.25, -0.2) is 0 Å². The van der Waals surface area contributed by atoms with Crippen molar-refractivity contribution >= 4 is 11.6 Å². The van der Waals surface area contributed by atoms with Crippen molar-refractivity contribution in [1.82, 2.24) is 0 Å². The van der Waals surface area contributed by atoms with E-state index < -0.39 is 0 Å². The third-order valence-electron chi connectivity index (χ3n) is 3.86. The minimum absolute atomic E-state index is 0.0144. The highest BCUT2D eigenvalue weighted by Crippen LogP contribution is 2.38. The van der Waals surface area contributed by atoms with Gasteiger partial charge in [0.1, 0.15) is 17.6 Å². The molecule has 1 N–H and O–H groups in total. The van der Waals surface area contributed by atoms with E-state index in [0.29, 0.717) is 31.3 Å². The van der Waals surface area contributed by atoms with Gasteiger partial charge < -0.3 is 19.5 Å². The number of fused-ring (bicyclic) bond motifs is 1. The zero-order valence-electron chi connectivity index (χ0n) is 12.5. The number of rotatable bonds is 4. The molecule has 21 heavy (non-hydrogen) atoms. The molecule has 3 rings (SSSR count). The summed E-state index contributed by atoms with van der Waals surface area (Å²) in [5.74, 6) is 1.46. The fraction of sp³-hybridized carbons (Fsp3) is 0.562. The zero-order valence-corrected chi connectivity index (χ0v) is 12.5. The Bertz CT molecular complexity index is 537. The van der Waals surface area contributed by atoms with E-state index >= 15 is 0 Å². The predicted octanol–water partition coefficient (Wildman–Crippen LogP) is 2.38. The van der Waals surface area contributed by atoms with Crippen molar-refractivity contribution in [3.63, 3.8) is 0 Å². The Kier molecular flexibility index (Phi) is 4.01. The average Bonchev–Trinajstić information content (AvgIpc) is 3.07. The quantitative estimate of drug-likeness (QED) is 0.925. The average molecular weight is 291 g/mol. The van der Waals surface area contributed by atoms with E-state index in [-0.39, 0.29) is 17.9 Å². The van der Waals surface area contributed by atoms with Crippen molar-refractivity contribution in [3.8, 4) is 11.5 Å².